The molecule has 1 aliphatic heterocycles. The zero-order valence-corrected chi connectivity index (χ0v) is 10.9. The third-order valence-corrected chi connectivity index (χ3v) is 3.04. The van der Waals surface area contributed by atoms with Crippen molar-refractivity contribution in [2.45, 2.75) is 6.42 Å². The van der Waals surface area contributed by atoms with E-state index >= 15 is 0 Å². The smallest absolute Gasteiger partial charge is 0.224 e. The second-order valence-electron chi connectivity index (χ2n) is 4.38. The van der Waals surface area contributed by atoms with E-state index in [1.165, 1.54) is 0 Å². The lowest BCUT2D eigenvalue weighted by atomic mass is 10.2. The van der Waals surface area contributed by atoms with Gasteiger partial charge in [0.2, 0.25) is 5.91 Å². The van der Waals surface area contributed by atoms with E-state index in [2.05, 4.69) is 4.99 Å². The number of hydrogen-bond acceptors (Lipinski definition) is 3. The number of nitrogens with two attached hydrogens (primary N) is 1. The summed E-state index contributed by atoms with van der Waals surface area (Å²) in [5, 5.41) is 0. The lowest BCUT2D eigenvalue weighted by molar-refractivity contribution is -0.135. The second kappa shape index (κ2) is 6.89. The second-order valence-corrected chi connectivity index (χ2v) is 4.38. The van der Waals surface area contributed by atoms with E-state index in [4.69, 9.17) is 10.5 Å². The predicted molar refractivity (Wildman–Crippen MR) is 74.0 cm³/mol. The molecule has 1 aromatic carbocycles. The van der Waals surface area contributed by atoms with Gasteiger partial charge in [-0.2, -0.15) is 0 Å². The van der Waals surface area contributed by atoms with E-state index < -0.39 is 0 Å². The Morgan fingerprint density at radius 3 is 2.63 bits per heavy atom. The van der Waals surface area contributed by atoms with Crippen molar-refractivity contribution in [3.63, 3.8) is 0 Å². The quantitative estimate of drug-likeness (QED) is 0.639. The highest BCUT2D eigenvalue weighted by Crippen LogP contribution is 2.02. The largest absolute Gasteiger partial charge is 0.384 e. The van der Waals surface area contributed by atoms with Crippen LogP contribution in [0.2, 0.25) is 0 Å². The van der Waals surface area contributed by atoms with Crippen LogP contribution in [0.5, 0.6) is 0 Å². The molecule has 1 aliphatic rings. The summed E-state index contributed by atoms with van der Waals surface area (Å²) in [6.45, 7) is 3.03. The van der Waals surface area contributed by atoms with Gasteiger partial charge in [-0.25, -0.2) is 0 Å². The number of amidine groups is 1. The first-order chi connectivity index (χ1) is 9.27. The topological polar surface area (TPSA) is 67.9 Å². The molecular formula is C14H19N3O2. The number of carbonyl (C=O) groups excluding carboxylic acids is 1. The van der Waals surface area contributed by atoms with Crippen molar-refractivity contribution >= 4 is 11.7 Å². The third-order valence-electron chi connectivity index (χ3n) is 3.04. The molecule has 102 valence electrons. The van der Waals surface area contributed by atoms with E-state index in [0.29, 0.717) is 45.1 Å². The van der Waals surface area contributed by atoms with Crippen LogP contribution in [0.25, 0.3) is 0 Å². The highest BCUT2D eigenvalue weighted by atomic mass is 16.5. The molecular weight excluding hydrogens is 242 g/mol. The summed E-state index contributed by atoms with van der Waals surface area (Å²) in [6, 6.07) is 9.57. The number of nitrogens with zero attached hydrogens (tertiary/aromatic N) is 2. The molecule has 0 spiro atoms. The summed E-state index contributed by atoms with van der Waals surface area (Å²) in [5.74, 6) is 0.600. The molecule has 1 amide bonds. The molecule has 0 saturated carbocycles. The molecule has 0 aliphatic carbocycles. The normalized spacial score (nSPS) is 16.4. The molecule has 1 heterocycles. The first-order valence-corrected chi connectivity index (χ1v) is 6.48. The molecule has 0 radical (unpaired) electrons. The molecule has 5 nitrogen and oxygen atoms in total. The van der Waals surface area contributed by atoms with Crippen molar-refractivity contribution < 1.29 is 9.53 Å². The minimum absolute atomic E-state index is 0.118. The number of amides is 1. The fraction of sp³-hybridized carbons (Fsp3) is 0.429. The highest BCUT2D eigenvalue weighted by molar-refractivity contribution is 5.97. The fourth-order valence-electron chi connectivity index (χ4n) is 1.94. The monoisotopic (exact) mass is 261 g/mol. The summed E-state index contributed by atoms with van der Waals surface area (Å²) in [5.41, 5.74) is 6.75. The van der Waals surface area contributed by atoms with Crippen molar-refractivity contribution in [1.82, 2.24) is 4.90 Å². The van der Waals surface area contributed by atoms with Crippen LogP contribution >= 0.6 is 0 Å². The Morgan fingerprint density at radius 1 is 1.26 bits per heavy atom. The summed E-state index contributed by atoms with van der Waals surface area (Å²) in [7, 11) is 0. The van der Waals surface area contributed by atoms with Gasteiger partial charge in [-0.3, -0.25) is 9.79 Å². The number of ether oxygens (including phenoxy) is 1. The van der Waals surface area contributed by atoms with E-state index in [1.54, 1.807) is 0 Å². The number of aliphatic imine (C=N–C) groups is 1. The standard InChI is InChI=1S/C14H19N3O2/c15-14(12-4-2-1-3-5-12)16-7-6-13(18)17-8-10-19-11-9-17/h1-5H,6-11H2,(H2,15,16). The molecule has 0 atom stereocenters. The lowest BCUT2D eigenvalue weighted by Crippen LogP contribution is -2.40. The predicted octanol–water partition coefficient (Wildman–Crippen LogP) is 0.641. The Balaban J connectivity index is 1.80. The average Bonchev–Trinajstić information content (AvgIpc) is 2.49. The maximum absolute atomic E-state index is 11.9. The maximum Gasteiger partial charge on any atom is 0.224 e. The van der Waals surface area contributed by atoms with Crippen molar-refractivity contribution in [2.24, 2.45) is 10.7 Å². The number of morpholine rings is 1. The van der Waals surface area contributed by atoms with Gasteiger partial charge in [0, 0.05) is 25.1 Å². The average molecular weight is 261 g/mol. The Kier molecular flexibility index (Phi) is 4.92. The highest BCUT2D eigenvalue weighted by Gasteiger charge is 2.15. The van der Waals surface area contributed by atoms with Crippen LogP contribution in [0.15, 0.2) is 35.3 Å². The van der Waals surface area contributed by atoms with Crippen LogP contribution in [-0.4, -0.2) is 49.5 Å². The van der Waals surface area contributed by atoms with Gasteiger partial charge in [-0.15, -0.1) is 0 Å². The SMILES string of the molecule is NC(=NCCC(=O)N1CCOCC1)c1ccccc1. The van der Waals surface area contributed by atoms with Crippen LogP contribution in [0.1, 0.15) is 12.0 Å². The summed E-state index contributed by atoms with van der Waals surface area (Å²) < 4.78 is 5.21. The van der Waals surface area contributed by atoms with E-state index in [0.717, 1.165) is 5.56 Å². The molecule has 1 saturated heterocycles. The van der Waals surface area contributed by atoms with Gasteiger partial charge >= 0.3 is 0 Å². The summed E-state index contributed by atoms with van der Waals surface area (Å²) in [6.07, 6.45) is 0.396. The lowest BCUT2D eigenvalue weighted by Gasteiger charge is -2.26. The fourth-order valence-corrected chi connectivity index (χ4v) is 1.94. The molecule has 1 aromatic rings. The molecule has 2 rings (SSSR count). The van der Waals surface area contributed by atoms with Crippen LogP contribution in [0.3, 0.4) is 0 Å². The van der Waals surface area contributed by atoms with Gasteiger partial charge in [-0.1, -0.05) is 30.3 Å². The Labute approximate surface area is 113 Å². The number of hydrogen-bond donors (Lipinski definition) is 1. The Hall–Kier alpha value is -1.88. The molecule has 0 aromatic heterocycles. The first-order valence-electron chi connectivity index (χ1n) is 6.48. The van der Waals surface area contributed by atoms with Crippen molar-refractivity contribution in [1.29, 1.82) is 0 Å². The first kappa shape index (κ1) is 13.5. The molecule has 19 heavy (non-hydrogen) atoms. The molecule has 5 heteroatoms. The summed E-state index contributed by atoms with van der Waals surface area (Å²) in [4.78, 5) is 17.9. The van der Waals surface area contributed by atoms with Gasteiger partial charge in [-0.05, 0) is 0 Å². The van der Waals surface area contributed by atoms with Gasteiger partial charge in [0.1, 0.15) is 5.84 Å². The van der Waals surface area contributed by atoms with Crippen molar-refractivity contribution in [2.75, 3.05) is 32.8 Å². The number of carbonyl (C=O) groups is 1. The van der Waals surface area contributed by atoms with Gasteiger partial charge < -0.3 is 15.4 Å². The molecule has 2 N–H and O–H groups in total. The minimum Gasteiger partial charge on any atom is -0.384 e. The summed E-state index contributed by atoms with van der Waals surface area (Å²) >= 11 is 0. The molecule has 0 bridgehead atoms. The Bertz CT molecular complexity index is 439. The molecule has 1 fully saturated rings. The van der Waals surface area contributed by atoms with Gasteiger partial charge in [0.15, 0.2) is 0 Å². The minimum atomic E-state index is 0.118. The van der Waals surface area contributed by atoms with Crippen molar-refractivity contribution in [3.8, 4) is 0 Å². The maximum atomic E-state index is 11.9. The zero-order valence-electron chi connectivity index (χ0n) is 10.9. The van der Waals surface area contributed by atoms with Crippen LogP contribution in [0.4, 0.5) is 0 Å². The zero-order chi connectivity index (χ0) is 13.5. The number of rotatable bonds is 4. The van der Waals surface area contributed by atoms with Crippen LogP contribution in [0, 0.1) is 0 Å². The Morgan fingerprint density at radius 2 is 1.95 bits per heavy atom. The van der Waals surface area contributed by atoms with Crippen LogP contribution < -0.4 is 5.73 Å². The van der Waals surface area contributed by atoms with E-state index in [1.807, 2.05) is 35.2 Å². The number of benzene rings is 1. The van der Waals surface area contributed by atoms with Gasteiger partial charge in [0.25, 0.3) is 0 Å². The third kappa shape index (κ3) is 4.06. The van der Waals surface area contributed by atoms with E-state index in [-0.39, 0.29) is 5.91 Å². The van der Waals surface area contributed by atoms with E-state index in [9.17, 15) is 4.79 Å². The van der Waals surface area contributed by atoms with Gasteiger partial charge in [0.05, 0.1) is 19.8 Å². The molecule has 0 unspecified atom stereocenters. The van der Waals surface area contributed by atoms with Crippen molar-refractivity contribution in [3.05, 3.63) is 35.9 Å². The van der Waals surface area contributed by atoms with Crippen LogP contribution in [-0.2, 0) is 9.53 Å².